The van der Waals surface area contributed by atoms with Crippen molar-refractivity contribution in [1.82, 2.24) is 0 Å². The summed E-state index contributed by atoms with van der Waals surface area (Å²) in [7, 11) is -4.43. The Bertz CT molecular complexity index is 288. The van der Waals surface area contributed by atoms with E-state index in [0.29, 0.717) is 0 Å². The summed E-state index contributed by atoms with van der Waals surface area (Å²) in [4.78, 5) is 28.3. The molecule has 114 valence electrons. The Hall–Kier alpha value is -0.420. The van der Waals surface area contributed by atoms with Gasteiger partial charge in [0.15, 0.2) is 0 Å². The maximum Gasteiger partial charge on any atom is 0.469 e. The Balaban J connectivity index is 3.54. The molecule has 0 aliphatic heterocycles. The van der Waals surface area contributed by atoms with Gasteiger partial charge in [-0.1, -0.05) is 26.2 Å². The van der Waals surface area contributed by atoms with Gasteiger partial charge in [-0.2, -0.15) is 0 Å². The molecule has 0 aromatic rings. The molecule has 0 spiro atoms. The summed E-state index contributed by atoms with van der Waals surface area (Å²) >= 11 is 0. The summed E-state index contributed by atoms with van der Waals surface area (Å²) in [6, 6.07) is 0. The Morgan fingerprint density at radius 2 is 1.89 bits per heavy atom. The molecule has 1 atom stereocenters. The van der Waals surface area contributed by atoms with Crippen LogP contribution in [0.25, 0.3) is 0 Å². The fraction of sp³-hybridized carbons (Fsp3) is 0.917. The Morgan fingerprint density at radius 1 is 1.21 bits per heavy atom. The molecule has 0 radical (unpaired) electrons. The van der Waals surface area contributed by atoms with Gasteiger partial charge >= 0.3 is 13.8 Å². The van der Waals surface area contributed by atoms with Crippen molar-refractivity contribution in [3.8, 4) is 0 Å². The van der Waals surface area contributed by atoms with Crippen molar-refractivity contribution < 1.29 is 28.4 Å². The fourth-order valence-electron chi connectivity index (χ4n) is 1.60. The van der Waals surface area contributed by atoms with E-state index in [0.717, 1.165) is 19.3 Å². The molecule has 0 aromatic carbocycles. The molecule has 6 nitrogen and oxygen atoms in total. The van der Waals surface area contributed by atoms with Gasteiger partial charge in [0, 0.05) is 6.42 Å². The van der Waals surface area contributed by atoms with Crippen molar-refractivity contribution in [2.45, 2.75) is 64.9 Å². The van der Waals surface area contributed by atoms with Crippen LogP contribution in [0.2, 0.25) is 0 Å². The topological polar surface area (TPSA) is 93.1 Å². The quantitative estimate of drug-likeness (QED) is 0.346. The average Bonchev–Trinajstić information content (AvgIpc) is 2.29. The van der Waals surface area contributed by atoms with E-state index in [2.05, 4.69) is 11.4 Å². The second kappa shape index (κ2) is 10.4. The lowest BCUT2D eigenvalue weighted by Gasteiger charge is -2.13. The van der Waals surface area contributed by atoms with E-state index in [4.69, 9.17) is 14.5 Å². The predicted molar refractivity (Wildman–Crippen MR) is 71.5 cm³/mol. The minimum absolute atomic E-state index is 0.105. The third kappa shape index (κ3) is 13.8. The number of carbonyl (C=O) groups is 1. The fourth-order valence-corrected chi connectivity index (χ4v) is 1.97. The first-order chi connectivity index (χ1) is 8.85. The van der Waals surface area contributed by atoms with E-state index >= 15 is 0 Å². The average molecular weight is 296 g/mol. The smallest absolute Gasteiger partial charge is 0.463 e. The Morgan fingerprint density at radius 3 is 2.47 bits per heavy atom. The molecule has 0 aromatic heterocycles. The van der Waals surface area contributed by atoms with Gasteiger partial charge in [-0.3, -0.25) is 9.32 Å². The molecule has 0 fully saturated rings. The van der Waals surface area contributed by atoms with Gasteiger partial charge in [0.2, 0.25) is 0 Å². The van der Waals surface area contributed by atoms with Crippen molar-refractivity contribution in [1.29, 1.82) is 0 Å². The number of unbranched alkanes of at least 4 members (excludes halogenated alkanes) is 3. The summed E-state index contributed by atoms with van der Waals surface area (Å²) in [5.74, 6) is -0.350. The summed E-state index contributed by atoms with van der Waals surface area (Å²) in [6.45, 7) is 3.85. The molecule has 7 heteroatoms. The van der Waals surface area contributed by atoms with Crippen LogP contribution in [0.1, 0.15) is 58.8 Å². The van der Waals surface area contributed by atoms with Crippen LogP contribution in [0.3, 0.4) is 0 Å². The normalized spacial score (nSPS) is 13.3. The van der Waals surface area contributed by atoms with Crippen LogP contribution in [-0.2, 0) is 18.6 Å². The van der Waals surface area contributed by atoms with Crippen LogP contribution in [-0.4, -0.2) is 28.5 Å². The van der Waals surface area contributed by atoms with Crippen LogP contribution < -0.4 is 0 Å². The van der Waals surface area contributed by atoms with Crippen molar-refractivity contribution >= 4 is 13.8 Å². The van der Waals surface area contributed by atoms with Crippen molar-refractivity contribution in [2.24, 2.45) is 0 Å². The highest BCUT2D eigenvalue weighted by Gasteiger charge is 2.14. The number of phosphoric ester groups is 1. The molecule has 0 aliphatic rings. The lowest BCUT2D eigenvalue weighted by Crippen LogP contribution is -2.15. The Kier molecular flexibility index (Phi) is 10.1. The summed E-state index contributed by atoms with van der Waals surface area (Å²) in [6.07, 6.45) is 5.66. The van der Waals surface area contributed by atoms with Gasteiger partial charge in [-0.05, 0) is 26.2 Å². The molecule has 0 aliphatic carbocycles. The number of ether oxygens (including phenoxy) is 1. The van der Waals surface area contributed by atoms with Crippen LogP contribution in [0, 0.1) is 0 Å². The number of hydrogen-bond donors (Lipinski definition) is 2. The minimum atomic E-state index is -4.43. The number of hydrogen-bond acceptors (Lipinski definition) is 4. The second-order valence-corrected chi connectivity index (χ2v) is 5.82. The van der Waals surface area contributed by atoms with Crippen LogP contribution in [0.4, 0.5) is 0 Å². The maximum atomic E-state index is 11.4. The third-order valence-electron chi connectivity index (χ3n) is 2.58. The van der Waals surface area contributed by atoms with Crippen molar-refractivity contribution in [2.75, 3.05) is 6.61 Å². The third-order valence-corrected chi connectivity index (χ3v) is 3.10. The van der Waals surface area contributed by atoms with Gasteiger partial charge in [-0.15, -0.1) is 0 Å². The van der Waals surface area contributed by atoms with Crippen LogP contribution in [0.15, 0.2) is 0 Å². The molecule has 2 N–H and O–H groups in total. The molecular weight excluding hydrogens is 271 g/mol. The Labute approximate surface area is 114 Å². The SMILES string of the molecule is CCCCCCC(C)OC(=O)CCCOP(=O)(O)O. The van der Waals surface area contributed by atoms with Gasteiger partial charge in [0.25, 0.3) is 0 Å². The minimum Gasteiger partial charge on any atom is -0.463 e. The second-order valence-electron chi connectivity index (χ2n) is 4.58. The summed E-state index contributed by atoms with van der Waals surface area (Å²) < 4.78 is 19.8. The zero-order valence-electron chi connectivity index (χ0n) is 11.7. The van der Waals surface area contributed by atoms with Gasteiger partial charge in [-0.25, -0.2) is 4.57 Å². The highest BCUT2D eigenvalue weighted by molar-refractivity contribution is 7.46. The van der Waals surface area contributed by atoms with E-state index in [1.807, 2.05) is 6.92 Å². The lowest BCUT2D eigenvalue weighted by atomic mass is 10.1. The molecular formula is C12H25O6P. The van der Waals surface area contributed by atoms with E-state index in [1.54, 1.807) is 0 Å². The first-order valence-electron chi connectivity index (χ1n) is 6.74. The van der Waals surface area contributed by atoms with Crippen LogP contribution in [0.5, 0.6) is 0 Å². The highest BCUT2D eigenvalue weighted by Crippen LogP contribution is 2.35. The number of carbonyl (C=O) groups excluding carboxylic acids is 1. The van der Waals surface area contributed by atoms with E-state index in [9.17, 15) is 9.36 Å². The molecule has 0 saturated heterocycles. The number of rotatable bonds is 11. The summed E-state index contributed by atoms with van der Waals surface area (Å²) in [5.41, 5.74) is 0. The predicted octanol–water partition coefficient (Wildman–Crippen LogP) is 2.78. The maximum absolute atomic E-state index is 11.4. The van der Waals surface area contributed by atoms with Crippen LogP contribution >= 0.6 is 7.82 Å². The first kappa shape index (κ1) is 18.6. The van der Waals surface area contributed by atoms with Crippen molar-refractivity contribution in [3.63, 3.8) is 0 Å². The lowest BCUT2D eigenvalue weighted by molar-refractivity contribution is -0.148. The van der Waals surface area contributed by atoms with Crippen molar-refractivity contribution in [3.05, 3.63) is 0 Å². The van der Waals surface area contributed by atoms with Gasteiger partial charge < -0.3 is 14.5 Å². The number of esters is 1. The number of phosphoric acid groups is 1. The standard InChI is InChI=1S/C12H25O6P/c1-3-4-5-6-8-11(2)18-12(13)9-7-10-17-19(14,15)16/h11H,3-10H2,1-2H3,(H2,14,15,16). The van der Waals surface area contributed by atoms with E-state index in [-0.39, 0.29) is 31.5 Å². The zero-order chi connectivity index (χ0) is 14.7. The highest BCUT2D eigenvalue weighted by atomic mass is 31.2. The van der Waals surface area contributed by atoms with E-state index in [1.165, 1.54) is 12.8 Å². The molecule has 0 bridgehead atoms. The molecule has 0 rings (SSSR count). The molecule has 0 amide bonds. The molecule has 0 saturated carbocycles. The van der Waals surface area contributed by atoms with E-state index < -0.39 is 7.82 Å². The molecule has 1 unspecified atom stereocenters. The zero-order valence-corrected chi connectivity index (χ0v) is 12.6. The summed E-state index contributed by atoms with van der Waals surface area (Å²) in [5, 5.41) is 0. The molecule has 0 heterocycles. The molecule has 19 heavy (non-hydrogen) atoms. The van der Waals surface area contributed by atoms with Gasteiger partial charge in [0.1, 0.15) is 0 Å². The van der Waals surface area contributed by atoms with Gasteiger partial charge in [0.05, 0.1) is 12.7 Å². The largest absolute Gasteiger partial charge is 0.469 e. The first-order valence-corrected chi connectivity index (χ1v) is 8.27. The monoisotopic (exact) mass is 296 g/mol.